The first-order valence-electron chi connectivity index (χ1n) is 12.8. The summed E-state index contributed by atoms with van der Waals surface area (Å²) in [6.07, 6.45) is 8.48. The zero-order chi connectivity index (χ0) is 24.7. The molecule has 0 spiro atoms. The monoisotopic (exact) mass is 488 g/mol. The lowest BCUT2D eigenvalue weighted by Crippen LogP contribution is -2.50. The van der Waals surface area contributed by atoms with Crippen LogP contribution in [0.3, 0.4) is 0 Å². The number of nitrogens with one attached hydrogen (secondary N) is 2. The molecule has 188 valence electrons. The van der Waals surface area contributed by atoms with Crippen molar-refractivity contribution in [3.8, 4) is 11.4 Å². The van der Waals surface area contributed by atoms with Gasteiger partial charge in [0.1, 0.15) is 0 Å². The van der Waals surface area contributed by atoms with Crippen LogP contribution in [0.15, 0.2) is 59.4 Å². The van der Waals surface area contributed by atoms with Gasteiger partial charge in [0, 0.05) is 49.6 Å². The van der Waals surface area contributed by atoms with Crippen LogP contribution >= 0.6 is 0 Å². The normalized spacial score (nSPS) is 22.8. The number of benzene rings is 1. The molecule has 1 saturated heterocycles. The molecule has 2 fully saturated rings. The molecule has 1 aliphatic carbocycles. The molecule has 5 rings (SSSR count). The maximum absolute atomic E-state index is 13.4. The number of carbonyl (C=O) groups excluding carboxylic acids is 2. The highest BCUT2D eigenvalue weighted by Gasteiger charge is 2.45. The summed E-state index contributed by atoms with van der Waals surface area (Å²) in [5, 5.41) is 10.3. The number of amides is 3. The van der Waals surface area contributed by atoms with E-state index in [1.165, 1.54) is 0 Å². The van der Waals surface area contributed by atoms with Gasteiger partial charge in [-0.1, -0.05) is 48.3 Å². The van der Waals surface area contributed by atoms with Crippen molar-refractivity contribution >= 4 is 11.9 Å². The molecule has 3 heterocycles. The maximum atomic E-state index is 13.4. The smallest absolute Gasteiger partial charge is 0.317 e. The first-order chi connectivity index (χ1) is 17.7. The zero-order valence-corrected chi connectivity index (χ0v) is 20.3. The van der Waals surface area contributed by atoms with Crippen LogP contribution in [0.1, 0.15) is 55.9 Å². The summed E-state index contributed by atoms with van der Waals surface area (Å²) in [5.41, 5.74) is 1.82. The summed E-state index contributed by atoms with van der Waals surface area (Å²) in [6, 6.07) is 13.2. The van der Waals surface area contributed by atoms with Gasteiger partial charge in [-0.05, 0) is 43.4 Å². The van der Waals surface area contributed by atoms with Crippen molar-refractivity contribution in [2.24, 2.45) is 5.92 Å². The summed E-state index contributed by atoms with van der Waals surface area (Å²) in [6.45, 7) is 1.73. The van der Waals surface area contributed by atoms with E-state index in [1.54, 1.807) is 12.4 Å². The van der Waals surface area contributed by atoms with E-state index < -0.39 is 0 Å². The van der Waals surface area contributed by atoms with Crippen molar-refractivity contribution in [2.75, 3.05) is 13.1 Å². The Morgan fingerprint density at radius 2 is 1.94 bits per heavy atom. The second-order valence-corrected chi connectivity index (χ2v) is 9.58. The minimum absolute atomic E-state index is 0.00254. The van der Waals surface area contributed by atoms with E-state index in [0.29, 0.717) is 44.2 Å². The summed E-state index contributed by atoms with van der Waals surface area (Å²) in [7, 11) is 0. The molecule has 3 aromatic rings. The molecule has 1 aromatic carbocycles. The minimum atomic E-state index is -0.329. The number of aromatic nitrogens is 3. The molecule has 9 nitrogen and oxygen atoms in total. The quantitative estimate of drug-likeness (QED) is 0.576. The fourth-order valence-electron chi connectivity index (χ4n) is 5.25. The van der Waals surface area contributed by atoms with Gasteiger partial charge in [-0.15, -0.1) is 0 Å². The van der Waals surface area contributed by atoms with E-state index in [9.17, 15) is 9.59 Å². The van der Waals surface area contributed by atoms with Crippen LogP contribution in [0.5, 0.6) is 0 Å². The van der Waals surface area contributed by atoms with Crippen LogP contribution in [0.25, 0.3) is 11.4 Å². The van der Waals surface area contributed by atoms with E-state index >= 15 is 0 Å². The molecule has 0 radical (unpaired) electrons. The number of hydrogen-bond acceptors (Lipinski definition) is 6. The van der Waals surface area contributed by atoms with Gasteiger partial charge in [-0.2, -0.15) is 4.98 Å². The highest BCUT2D eigenvalue weighted by Crippen LogP contribution is 2.41. The van der Waals surface area contributed by atoms with E-state index in [2.05, 4.69) is 25.8 Å². The lowest BCUT2D eigenvalue weighted by Gasteiger charge is -2.32. The number of carbonyl (C=O) groups is 2. The van der Waals surface area contributed by atoms with E-state index in [1.807, 2.05) is 47.4 Å². The first-order valence-corrected chi connectivity index (χ1v) is 12.8. The number of fused-ring (bicyclic) bond motifs is 1. The summed E-state index contributed by atoms with van der Waals surface area (Å²) in [4.78, 5) is 37.3. The van der Waals surface area contributed by atoms with Crippen LogP contribution in [0.2, 0.25) is 0 Å². The second-order valence-electron chi connectivity index (χ2n) is 9.58. The fourth-order valence-corrected chi connectivity index (χ4v) is 5.25. The summed E-state index contributed by atoms with van der Waals surface area (Å²) in [5.74, 6) is 0.554. The Hall–Kier alpha value is -3.75. The third-order valence-electron chi connectivity index (χ3n) is 7.15. The molecule has 1 saturated carbocycles. The van der Waals surface area contributed by atoms with Crippen molar-refractivity contribution in [3.63, 3.8) is 0 Å². The van der Waals surface area contributed by atoms with Crippen molar-refractivity contribution in [1.29, 1.82) is 0 Å². The largest absolute Gasteiger partial charge is 0.356 e. The Morgan fingerprint density at radius 3 is 2.78 bits per heavy atom. The van der Waals surface area contributed by atoms with Crippen molar-refractivity contribution in [3.05, 3.63) is 66.3 Å². The van der Waals surface area contributed by atoms with E-state index in [-0.39, 0.29) is 29.8 Å². The van der Waals surface area contributed by atoms with Gasteiger partial charge in [0.2, 0.25) is 17.6 Å². The Kier molecular flexibility index (Phi) is 7.54. The maximum Gasteiger partial charge on any atom is 0.317 e. The Morgan fingerprint density at radius 1 is 1.08 bits per heavy atom. The number of hydrogen-bond donors (Lipinski definition) is 2. The average Bonchev–Trinajstić information content (AvgIpc) is 3.57. The van der Waals surface area contributed by atoms with Gasteiger partial charge in [-0.3, -0.25) is 9.78 Å². The molecular weight excluding hydrogens is 456 g/mol. The van der Waals surface area contributed by atoms with Gasteiger partial charge < -0.3 is 20.1 Å². The van der Waals surface area contributed by atoms with E-state index in [0.717, 1.165) is 36.8 Å². The molecule has 2 aliphatic rings. The summed E-state index contributed by atoms with van der Waals surface area (Å²) >= 11 is 0. The van der Waals surface area contributed by atoms with Crippen LogP contribution in [0.4, 0.5) is 4.79 Å². The fraction of sp³-hybridized carbons (Fsp3) is 0.444. The number of pyridine rings is 1. The Bertz CT molecular complexity index is 1150. The second kappa shape index (κ2) is 11.3. The van der Waals surface area contributed by atoms with Gasteiger partial charge in [0.15, 0.2) is 0 Å². The zero-order valence-electron chi connectivity index (χ0n) is 20.3. The van der Waals surface area contributed by atoms with Gasteiger partial charge in [0.05, 0.1) is 5.92 Å². The highest BCUT2D eigenvalue weighted by molar-refractivity contribution is 5.82. The summed E-state index contributed by atoms with van der Waals surface area (Å²) < 4.78 is 5.64. The van der Waals surface area contributed by atoms with Crippen LogP contribution in [-0.4, -0.2) is 51.1 Å². The van der Waals surface area contributed by atoms with Crippen molar-refractivity contribution < 1.29 is 14.1 Å². The molecule has 9 heteroatoms. The molecule has 2 N–H and O–H groups in total. The van der Waals surface area contributed by atoms with Crippen LogP contribution < -0.4 is 10.6 Å². The molecule has 2 aromatic heterocycles. The topological polar surface area (TPSA) is 113 Å². The molecule has 3 unspecified atom stereocenters. The van der Waals surface area contributed by atoms with Gasteiger partial charge in [-0.25, -0.2) is 4.79 Å². The minimum Gasteiger partial charge on any atom is -0.356 e. The van der Waals surface area contributed by atoms with Crippen molar-refractivity contribution in [1.82, 2.24) is 30.7 Å². The van der Waals surface area contributed by atoms with Crippen LogP contribution in [-0.2, 0) is 11.3 Å². The number of nitrogens with zero attached hydrogens (tertiary/aromatic N) is 4. The molecule has 3 atom stereocenters. The molecule has 36 heavy (non-hydrogen) atoms. The van der Waals surface area contributed by atoms with Gasteiger partial charge in [0.25, 0.3) is 0 Å². The SMILES string of the molecule is O=C1NCCCCCCN(C(=O)NCc2ccccc2)C2CC(c3nc(-c4cccnc4)no3)CC12. The predicted octanol–water partition coefficient (Wildman–Crippen LogP) is 3.90. The van der Waals surface area contributed by atoms with Gasteiger partial charge >= 0.3 is 6.03 Å². The number of rotatable bonds is 4. The average molecular weight is 489 g/mol. The first kappa shape index (κ1) is 24.0. The lowest BCUT2D eigenvalue weighted by molar-refractivity contribution is -0.126. The molecule has 0 bridgehead atoms. The predicted molar refractivity (Wildman–Crippen MR) is 134 cm³/mol. The molecular formula is C27H32N6O3. The highest BCUT2D eigenvalue weighted by atomic mass is 16.5. The number of urea groups is 1. The standard InChI is InChI=1S/C27H32N6O3/c34-25-22-15-21(26-31-24(32-36-26)20-11-8-12-28-18-20)16-23(22)33(14-7-2-1-6-13-29-25)27(35)30-17-19-9-4-3-5-10-19/h3-5,8-12,18,21-23H,1-2,6-7,13-17H2,(H,29,34)(H,30,35). The molecule has 3 amide bonds. The Balaban J connectivity index is 1.36. The van der Waals surface area contributed by atoms with Crippen molar-refractivity contribution in [2.45, 2.75) is 57.0 Å². The third-order valence-corrected chi connectivity index (χ3v) is 7.15. The Labute approximate surface area is 210 Å². The van der Waals surface area contributed by atoms with Crippen LogP contribution in [0, 0.1) is 5.92 Å². The lowest BCUT2D eigenvalue weighted by atomic mass is 10.0. The molecule has 1 aliphatic heterocycles. The van der Waals surface area contributed by atoms with E-state index in [4.69, 9.17) is 4.52 Å². The third kappa shape index (κ3) is 5.56.